The predicted octanol–water partition coefficient (Wildman–Crippen LogP) is 5.30. The van der Waals surface area contributed by atoms with Crippen molar-refractivity contribution in [3.8, 4) is 17.3 Å². The lowest BCUT2D eigenvalue weighted by atomic mass is 10.2. The molecule has 1 aromatic carbocycles. The third-order valence-corrected chi connectivity index (χ3v) is 6.20. The fourth-order valence-electron chi connectivity index (χ4n) is 4.00. The fraction of sp³-hybridized carbons (Fsp3) is 0.280. The van der Waals surface area contributed by atoms with E-state index in [2.05, 4.69) is 15.4 Å². The molecule has 4 aromatic rings. The molecule has 8 nitrogen and oxygen atoms in total. The van der Waals surface area contributed by atoms with Gasteiger partial charge in [-0.15, -0.1) is 10.2 Å². The van der Waals surface area contributed by atoms with Crippen LogP contribution >= 0.6 is 11.6 Å². The highest BCUT2D eigenvalue weighted by Crippen LogP contribution is 2.31. The molecular formula is C25H24ClN5O3. The number of aromatic nitrogens is 4. The van der Waals surface area contributed by atoms with Gasteiger partial charge in [-0.05, 0) is 63.5 Å². The SMILES string of the molecule is Cc1cc(-n2c(C)cc(/C=C/C(=O)N(Cc3nnc(-c4ccccc4Cl)o3)C3CC3)c2C)no1. The average molecular weight is 478 g/mol. The summed E-state index contributed by atoms with van der Waals surface area (Å²) < 4.78 is 13.0. The van der Waals surface area contributed by atoms with E-state index >= 15 is 0 Å². The zero-order chi connectivity index (χ0) is 23.8. The summed E-state index contributed by atoms with van der Waals surface area (Å²) in [6, 6.07) is 11.4. The van der Waals surface area contributed by atoms with E-state index in [0.29, 0.717) is 22.4 Å². The highest BCUT2D eigenvalue weighted by molar-refractivity contribution is 6.33. The minimum atomic E-state index is -0.0953. The first-order chi connectivity index (χ1) is 16.4. The molecule has 1 fully saturated rings. The number of hydrogen-bond acceptors (Lipinski definition) is 6. The standard InChI is InChI=1S/C25H24ClN5O3/c1-15-12-18(17(3)31(15)22-13-16(2)34-29-22)8-11-24(32)30(19-9-10-19)14-23-27-28-25(33-23)20-6-4-5-7-21(20)26/h4-8,11-13,19H,9-10,14H2,1-3H3/b11-8+. The van der Waals surface area contributed by atoms with Gasteiger partial charge < -0.3 is 13.8 Å². The van der Waals surface area contributed by atoms with Crippen molar-refractivity contribution >= 4 is 23.6 Å². The number of carbonyl (C=O) groups excluding carboxylic acids is 1. The number of aryl methyl sites for hydroxylation is 2. The van der Waals surface area contributed by atoms with Crippen LogP contribution in [0.15, 0.2) is 51.4 Å². The quantitative estimate of drug-likeness (QED) is 0.335. The van der Waals surface area contributed by atoms with Gasteiger partial charge in [0.2, 0.25) is 17.7 Å². The van der Waals surface area contributed by atoms with E-state index in [-0.39, 0.29) is 18.5 Å². The van der Waals surface area contributed by atoms with Gasteiger partial charge in [0.25, 0.3) is 0 Å². The van der Waals surface area contributed by atoms with Crippen molar-refractivity contribution < 1.29 is 13.7 Å². The molecule has 1 saturated carbocycles. The Labute approximate surface area is 201 Å². The topological polar surface area (TPSA) is 90.2 Å². The van der Waals surface area contributed by atoms with Crippen molar-refractivity contribution in [3.63, 3.8) is 0 Å². The summed E-state index contributed by atoms with van der Waals surface area (Å²) in [5.74, 6) is 2.09. The van der Waals surface area contributed by atoms with Crippen LogP contribution in [0.25, 0.3) is 23.3 Å². The van der Waals surface area contributed by atoms with E-state index < -0.39 is 0 Å². The summed E-state index contributed by atoms with van der Waals surface area (Å²) in [6.07, 6.45) is 5.37. The third-order valence-electron chi connectivity index (χ3n) is 5.87. The monoisotopic (exact) mass is 477 g/mol. The van der Waals surface area contributed by atoms with Crippen LogP contribution in [-0.2, 0) is 11.3 Å². The van der Waals surface area contributed by atoms with Crippen molar-refractivity contribution in [1.82, 2.24) is 24.8 Å². The molecule has 3 aromatic heterocycles. The normalized spacial score (nSPS) is 13.6. The van der Waals surface area contributed by atoms with Crippen LogP contribution in [0.1, 0.15) is 41.4 Å². The molecule has 174 valence electrons. The Bertz CT molecular complexity index is 1380. The van der Waals surface area contributed by atoms with Crippen LogP contribution in [0.2, 0.25) is 5.02 Å². The number of nitrogens with zero attached hydrogens (tertiary/aromatic N) is 5. The van der Waals surface area contributed by atoms with Crippen molar-refractivity contribution in [2.45, 2.75) is 46.2 Å². The highest BCUT2D eigenvalue weighted by Gasteiger charge is 2.33. The molecule has 1 amide bonds. The summed E-state index contributed by atoms with van der Waals surface area (Å²) in [4.78, 5) is 14.9. The fourth-order valence-corrected chi connectivity index (χ4v) is 4.22. The number of amides is 1. The van der Waals surface area contributed by atoms with Crippen LogP contribution in [0.4, 0.5) is 0 Å². The van der Waals surface area contributed by atoms with Gasteiger partial charge in [-0.25, -0.2) is 0 Å². The first-order valence-corrected chi connectivity index (χ1v) is 11.5. The highest BCUT2D eigenvalue weighted by atomic mass is 35.5. The summed E-state index contributed by atoms with van der Waals surface area (Å²) in [5, 5.41) is 12.9. The van der Waals surface area contributed by atoms with E-state index in [4.69, 9.17) is 20.5 Å². The Morgan fingerprint density at radius 2 is 2.00 bits per heavy atom. The van der Waals surface area contributed by atoms with E-state index in [9.17, 15) is 4.79 Å². The third kappa shape index (κ3) is 4.41. The van der Waals surface area contributed by atoms with E-state index in [1.165, 1.54) is 0 Å². The van der Waals surface area contributed by atoms with E-state index in [0.717, 1.165) is 41.4 Å². The van der Waals surface area contributed by atoms with Crippen LogP contribution in [-0.4, -0.2) is 36.8 Å². The van der Waals surface area contributed by atoms with Gasteiger partial charge in [-0.3, -0.25) is 9.36 Å². The van der Waals surface area contributed by atoms with Gasteiger partial charge in [-0.1, -0.05) is 28.9 Å². The summed E-state index contributed by atoms with van der Waals surface area (Å²) in [6.45, 7) is 6.10. The van der Waals surface area contributed by atoms with Gasteiger partial charge in [0.05, 0.1) is 17.1 Å². The number of halogens is 1. The van der Waals surface area contributed by atoms with Gasteiger partial charge in [0.15, 0.2) is 5.82 Å². The molecule has 0 radical (unpaired) electrons. The Hall–Kier alpha value is -3.65. The van der Waals surface area contributed by atoms with Crippen molar-refractivity contribution in [2.24, 2.45) is 0 Å². The lowest BCUT2D eigenvalue weighted by Gasteiger charge is -2.18. The average Bonchev–Trinajstić information content (AvgIpc) is 3.28. The first kappa shape index (κ1) is 22.2. The van der Waals surface area contributed by atoms with Gasteiger partial charge in [0, 0.05) is 29.6 Å². The zero-order valence-corrected chi connectivity index (χ0v) is 19.9. The Kier molecular flexibility index (Phi) is 5.83. The number of rotatable bonds is 7. The van der Waals surface area contributed by atoms with Gasteiger partial charge >= 0.3 is 0 Å². The number of hydrogen-bond donors (Lipinski definition) is 0. The number of benzene rings is 1. The molecule has 0 atom stereocenters. The molecule has 0 spiro atoms. The van der Waals surface area contributed by atoms with Crippen LogP contribution in [0.3, 0.4) is 0 Å². The number of carbonyl (C=O) groups is 1. The van der Waals surface area contributed by atoms with E-state index in [1.54, 1.807) is 17.0 Å². The maximum atomic E-state index is 13.1. The van der Waals surface area contributed by atoms with Crippen LogP contribution in [0, 0.1) is 20.8 Å². The second-order valence-electron chi connectivity index (χ2n) is 8.47. The molecule has 5 rings (SSSR count). The molecule has 0 bridgehead atoms. The smallest absolute Gasteiger partial charge is 0.249 e. The molecule has 0 unspecified atom stereocenters. The van der Waals surface area contributed by atoms with Gasteiger partial charge in [-0.2, -0.15) is 0 Å². The lowest BCUT2D eigenvalue weighted by Crippen LogP contribution is -2.31. The molecule has 0 aliphatic heterocycles. The molecule has 1 aliphatic rings. The maximum Gasteiger partial charge on any atom is 0.249 e. The largest absolute Gasteiger partial charge is 0.419 e. The molecule has 0 N–H and O–H groups in total. The maximum absolute atomic E-state index is 13.1. The summed E-state index contributed by atoms with van der Waals surface area (Å²) in [7, 11) is 0. The minimum Gasteiger partial charge on any atom is -0.419 e. The molecule has 9 heteroatoms. The van der Waals surface area contributed by atoms with Crippen molar-refractivity contribution in [1.29, 1.82) is 0 Å². The molecule has 0 saturated heterocycles. The van der Waals surface area contributed by atoms with Crippen LogP contribution in [0.5, 0.6) is 0 Å². The van der Waals surface area contributed by atoms with Crippen molar-refractivity contribution in [3.05, 3.63) is 76.1 Å². The van der Waals surface area contributed by atoms with Crippen LogP contribution < -0.4 is 0 Å². The second-order valence-corrected chi connectivity index (χ2v) is 8.88. The predicted molar refractivity (Wildman–Crippen MR) is 127 cm³/mol. The van der Waals surface area contributed by atoms with Gasteiger partial charge in [0.1, 0.15) is 5.76 Å². The zero-order valence-electron chi connectivity index (χ0n) is 19.2. The Morgan fingerprint density at radius 3 is 2.71 bits per heavy atom. The molecular weight excluding hydrogens is 454 g/mol. The van der Waals surface area contributed by atoms with Crippen molar-refractivity contribution in [2.75, 3.05) is 0 Å². The Morgan fingerprint density at radius 1 is 1.21 bits per heavy atom. The molecule has 3 heterocycles. The lowest BCUT2D eigenvalue weighted by molar-refractivity contribution is -0.127. The molecule has 34 heavy (non-hydrogen) atoms. The first-order valence-electron chi connectivity index (χ1n) is 11.1. The summed E-state index contributed by atoms with van der Waals surface area (Å²) in [5.41, 5.74) is 3.61. The van der Waals surface area contributed by atoms with E-state index in [1.807, 2.05) is 61.7 Å². The summed E-state index contributed by atoms with van der Waals surface area (Å²) >= 11 is 6.24. The minimum absolute atomic E-state index is 0.0953. The Balaban J connectivity index is 1.33. The molecule has 1 aliphatic carbocycles. The second kappa shape index (κ2) is 8.95.